The van der Waals surface area contributed by atoms with Gasteiger partial charge in [-0.25, -0.2) is 4.98 Å². The normalized spacial score (nSPS) is 14.2. The van der Waals surface area contributed by atoms with Crippen LogP contribution in [0.1, 0.15) is 43.0 Å². The number of amides is 1. The Labute approximate surface area is 120 Å². The van der Waals surface area contributed by atoms with E-state index in [1.165, 1.54) is 0 Å². The van der Waals surface area contributed by atoms with E-state index in [-0.39, 0.29) is 17.9 Å². The van der Waals surface area contributed by atoms with Crippen LogP contribution in [-0.2, 0) is 11.3 Å². The fraction of sp³-hybridized carbons (Fsp3) is 0.714. The van der Waals surface area contributed by atoms with Gasteiger partial charge in [-0.15, -0.1) is 11.3 Å². The molecular formula is C14H25N3OS. The third kappa shape index (κ3) is 5.70. The van der Waals surface area contributed by atoms with E-state index in [1.807, 2.05) is 34.0 Å². The molecule has 0 aliphatic heterocycles. The molecule has 4 nitrogen and oxygen atoms in total. The van der Waals surface area contributed by atoms with Gasteiger partial charge in [0.05, 0.1) is 11.6 Å². The lowest BCUT2D eigenvalue weighted by atomic mass is 10.0. The van der Waals surface area contributed by atoms with Crippen molar-refractivity contribution in [1.82, 2.24) is 9.88 Å². The third-order valence-corrected chi connectivity index (χ3v) is 4.05. The summed E-state index contributed by atoms with van der Waals surface area (Å²) in [5.41, 5.74) is 5.72. The van der Waals surface area contributed by atoms with Gasteiger partial charge in [0.1, 0.15) is 0 Å². The Morgan fingerprint density at radius 1 is 1.47 bits per heavy atom. The highest BCUT2D eigenvalue weighted by Gasteiger charge is 2.18. The fourth-order valence-electron chi connectivity index (χ4n) is 2.04. The maximum atomic E-state index is 12.2. The number of carbonyl (C=O) groups excluding carboxylic acids is 1. The molecule has 0 saturated heterocycles. The van der Waals surface area contributed by atoms with Crippen LogP contribution in [0.2, 0.25) is 0 Å². The minimum Gasteiger partial charge on any atom is -0.340 e. The van der Waals surface area contributed by atoms with E-state index in [9.17, 15) is 4.79 Å². The highest BCUT2D eigenvalue weighted by atomic mass is 32.1. The molecule has 1 aromatic rings. The number of hydrogen-bond donors (Lipinski definition) is 1. The van der Waals surface area contributed by atoms with Crippen molar-refractivity contribution in [3.8, 4) is 0 Å². The molecule has 0 aromatic carbocycles. The second-order valence-corrected chi connectivity index (χ2v) is 6.67. The van der Waals surface area contributed by atoms with E-state index in [0.717, 1.165) is 29.1 Å². The molecule has 0 aliphatic carbocycles. The molecule has 5 heteroatoms. The van der Waals surface area contributed by atoms with Gasteiger partial charge < -0.3 is 10.6 Å². The van der Waals surface area contributed by atoms with Gasteiger partial charge in [0.25, 0.3) is 0 Å². The molecule has 19 heavy (non-hydrogen) atoms. The summed E-state index contributed by atoms with van der Waals surface area (Å²) in [6.07, 6.45) is 4.75. The topological polar surface area (TPSA) is 59.2 Å². The maximum absolute atomic E-state index is 12.2. The summed E-state index contributed by atoms with van der Waals surface area (Å²) >= 11 is 1.65. The first-order valence-electron chi connectivity index (χ1n) is 6.82. The van der Waals surface area contributed by atoms with Crippen LogP contribution in [0.3, 0.4) is 0 Å². The summed E-state index contributed by atoms with van der Waals surface area (Å²) in [6, 6.07) is 0.222. The Morgan fingerprint density at radius 3 is 2.68 bits per heavy atom. The summed E-state index contributed by atoms with van der Waals surface area (Å²) in [4.78, 5) is 19.3. The second kappa shape index (κ2) is 7.60. The number of nitrogens with zero attached hydrogens (tertiary/aromatic N) is 2. The molecule has 1 heterocycles. The number of hydrogen-bond acceptors (Lipinski definition) is 4. The first kappa shape index (κ1) is 16.1. The van der Waals surface area contributed by atoms with Gasteiger partial charge in [-0.1, -0.05) is 13.3 Å². The average Bonchev–Trinajstić information content (AvgIpc) is 2.73. The van der Waals surface area contributed by atoms with E-state index in [2.05, 4.69) is 4.98 Å². The summed E-state index contributed by atoms with van der Waals surface area (Å²) in [7, 11) is 1.86. The Morgan fingerprint density at radius 2 is 2.16 bits per heavy atom. The highest BCUT2D eigenvalue weighted by Crippen LogP contribution is 2.16. The van der Waals surface area contributed by atoms with Crippen molar-refractivity contribution < 1.29 is 4.79 Å². The van der Waals surface area contributed by atoms with E-state index in [4.69, 9.17) is 5.73 Å². The van der Waals surface area contributed by atoms with Crippen LogP contribution in [0.15, 0.2) is 6.20 Å². The minimum absolute atomic E-state index is 0.0674. The Balaban J connectivity index is 2.38. The lowest BCUT2D eigenvalue weighted by Crippen LogP contribution is -2.31. The van der Waals surface area contributed by atoms with Crippen molar-refractivity contribution in [2.75, 3.05) is 7.05 Å². The molecule has 2 unspecified atom stereocenters. The lowest BCUT2D eigenvalue weighted by molar-refractivity contribution is -0.134. The first-order chi connectivity index (χ1) is 8.90. The largest absolute Gasteiger partial charge is 0.340 e. The molecule has 1 aromatic heterocycles. The van der Waals surface area contributed by atoms with Crippen molar-refractivity contribution in [2.24, 2.45) is 11.7 Å². The number of thiazole rings is 1. The zero-order chi connectivity index (χ0) is 14.4. The minimum atomic E-state index is 0.0674. The van der Waals surface area contributed by atoms with Gasteiger partial charge in [0, 0.05) is 30.1 Å². The third-order valence-electron chi connectivity index (χ3n) is 3.16. The molecule has 0 aliphatic rings. The average molecular weight is 283 g/mol. The molecule has 1 rings (SSSR count). The van der Waals surface area contributed by atoms with Gasteiger partial charge in [-0.3, -0.25) is 4.79 Å². The first-order valence-corrected chi connectivity index (χ1v) is 7.63. The van der Waals surface area contributed by atoms with Crippen LogP contribution in [0, 0.1) is 12.8 Å². The van der Waals surface area contributed by atoms with Gasteiger partial charge in [0.15, 0.2) is 0 Å². The monoisotopic (exact) mass is 283 g/mol. The molecule has 0 fully saturated rings. The van der Waals surface area contributed by atoms with Crippen molar-refractivity contribution in [2.45, 2.75) is 52.6 Å². The Bertz CT molecular complexity index is 403. The highest BCUT2D eigenvalue weighted by molar-refractivity contribution is 7.11. The van der Waals surface area contributed by atoms with Crippen LogP contribution >= 0.6 is 11.3 Å². The molecule has 108 valence electrons. The lowest BCUT2D eigenvalue weighted by Gasteiger charge is -2.20. The second-order valence-electron chi connectivity index (χ2n) is 5.35. The molecule has 0 bridgehead atoms. The molecule has 2 N–H and O–H groups in total. The van der Waals surface area contributed by atoms with Gasteiger partial charge in [-0.2, -0.15) is 0 Å². The number of carbonyl (C=O) groups is 1. The van der Waals surface area contributed by atoms with Crippen LogP contribution in [0.5, 0.6) is 0 Å². The number of rotatable bonds is 7. The van der Waals surface area contributed by atoms with E-state index in [0.29, 0.717) is 6.54 Å². The maximum Gasteiger partial charge on any atom is 0.225 e. The quantitative estimate of drug-likeness (QED) is 0.836. The van der Waals surface area contributed by atoms with Crippen molar-refractivity contribution in [3.63, 3.8) is 0 Å². The molecule has 2 atom stereocenters. The van der Waals surface area contributed by atoms with E-state index in [1.54, 1.807) is 16.2 Å². The van der Waals surface area contributed by atoms with Crippen molar-refractivity contribution in [1.29, 1.82) is 0 Å². The predicted molar refractivity (Wildman–Crippen MR) is 80.0 cm³/mol. The summed E-state index contributed by atoms with van der Waals surface area (Å²) in [6.45, 7) is 6.64. The predicted octanol–water partition coefficient (Wildman–Crippen LogP) is 2.56. The van der Waals surface area contributed by atoms with Crippen LogP contribution in [0.4, 0.5) is 0 Å². The zero-order valence-electron chi connectivity index (χ0n) is 12.3. The molecule has 0 radical (unpaired) electrons. The van der Waals surface area contributed by atoms with E-state index < -0.39 is 0 Å². The van der Waals surface area contributed by atoms with E-state index >= 15 is 0 Å². The summed E-state index contributed by atoms with van der Waals surface area (Å²) in [5.74, 6) is 0.272. The summed E-state index contributed by atoms with van der Waals surface area (Å²) < 4.78 is 0. The van der Waals surface area contributed by atoms with Crippen molar-refractivity contribution >= 4 is 17.2 Å². The van der Waals surface area contributed by atoms with Crippen LogP contribution in [-0.4, -0.2) is 28.9 Å². The molecular weight excluding hydrogens is 258 g/mol. The van der Waals surface area contributed by atoms with Gasteiger partial charge in [-0.05, 0) is 26.7 Å². The fourth-order valence-corrected chi connectivity index (χ4v) is 2.88. The summed E-state index contributed by atoms with van der Waals surface area (Å²) in [5, 5.41) is 1.04. The van der Waals surface area contributed by atoms with Crippen LogP contribution in [0.25, 0.3) is 0 Å². The Kier molecular flexibility index (Phi) is 6.45. The molecule has 0 saturated carbocycles. The Hall–Kier alpha value is -0.940. The number of aryl methyl sites for hydroxylation is 1. The standard InChI is InChI=1S/C14H25N3OS/c1-10(6-5-7-11(2)15)14(18)17(4)9-13-8-16-12(3)19-13/h8,10-11H,5-7,9,15H2,1-4H3. The van der Waals surface area contributed by atoms with Gasteiger partial charge >= 0.3 is 0 Å². The zero-order valence-corrected chi connectivity index (χ0v) is 13.2. The number of aromatic nitrogens is 1. The van der Waals surface area contributed by atoms with Crippen molar-refractivity contribution in [3.05, 3.63) is 16.1 Å². The SMILES string of the molecule is Cc1ncc(CN(C)C(=O)C(C)CCCC(C)N)s1. The smallest absolute Gasteiger partial charge is 0.225 e. The van der Waals surface area contributed by atoms with Gasteiger partial charge in [0.2, 0.25) is 5.91 Å². The molecule has 0 spiro atoms. The number of nitrogens with two attached hydrogens (primary N) is 1. The van der Waals surface area contributed by atoms with Crippen LogP contribution < -0.4 is 5.73 Å². The molecule has 1 amide bonds.